The molecule has 1 aliphatic rings. The van der Waals surface area contributed by atoms with Crippen LogP contribution in [-0.2, 0) is 14.3 Å². The van der Waals surface area contributed by atoms with Gasteiger partial charge in [-0.1, -0.05) is 0 Å². The number of aliphatic carboxylic acids is 1. The smallest absolute Gasteiger partial charge is 0.338 e. The predicted octanol–water partition coefficient (Wildman–Crippen LogP) is 0.265. The minimum absolute atomic E-state index is 0.00225. The number of carboxylic acids is 1. The van der Waals surface area contributed by atoms with Gasteiger partial charge in [0.2, 0.25) is 0 Å². The van der Waals surface area contributed by atoms with Crippen molar-refractivity contribution in [3.05, 3.63) is 0 Å². The zero-order chi connectivity index (χ0) is 8.48. The van der Waals surface area contributed by atoms with Crippen molar-refractivity contribution in [3.8, 4) is 0 Å². The second kappa shape index (κ2) is 2.79. The first-order chi connectivity index (χ1) is 5.04. The van der Waals surface area contributed by atoms with Crippen molar-refractivity contribution >= 4 is 5.97 Å². The normalized spacial score (nSPS) is 38.5. The third-order valence-electron chi connectivity index (χ3n) is 1.73. The number of ether oxygens (including phenoxy) is 2. The van der Waals surface area contributed by atoms with Crippen LogP contribution in [0.1, 0.15) is 13.8 Å². The minimum Gasteiger partial charge on any atom is -0.479 e. The molecule has 1 rings (SSSR count). The summed E-state index contributed by atoms with van der Waals surface area (Å²) in [4.78, 5) is 10.6. The highest BCUT2D eigenvalue weighted by Crippen LogP contribution is 2.18. The van der Waals surface area contributed by atoms with Crippen LogP contribution < -0.4 is 0 Å². The summed E-state index contributed by atoms with van der Waals surface area (Å²) in [5.74, 6) is -0.968. The Kier molecular flexibility index (Phi) is 2.15. The van der Waals surface area contributed by atoms with E-state index in [0.717, 1.165) is 0 Å². The first kappa shape index (κ1) is 8.49. The van der Waals surface area contributed by atoms with E-state index in [-0.39, 0.29) is 12.7 Å². The molecule has 4 heteroatoms. The Balaban J connectivity index is 2.55. The zero-order valence-electron chi connectivity index (χ0n) is 6.66. The van der Waals surface area contributed by atoms with Gasteiger partial charge in [0.1, 0.15) is 0 Å². The van der Waals surface area contributed by atoms with Gasteiger partial charge in [0.05, 0.1) is 19.3 Å². The molecule has 0 amide bonds. The molecular formula is C7H12O4. The lowest BCUT2D eigenvalue weighted by atomic mass is 10.1. The second-order valence-electron chi connectivity index (χ2n) is 2.97. The zero-order valence-corrected chi connectivity index (χ0v) is 6.66. The summed E-state index contributed by atoms with van der Waals surface area (Å²) in [6, 6.07) is 0. The molecule has 1 fully saturated rings. The van der Waals surface area contributed by atoms with E-state index in [0.29, 0.717) is 6.61 Å². The fraction of sp³-hybridized carbons (Fsp3) is 0.857. The Morgan fingerprint density at radius 1 is 1.73 bits per heavy atom. The average Bonchev–Trinajstić information content (AvgIpc) is 1.95. The molecule has 1 saturated heterocycles. The number of rotatable bonds is 1. The molecule has 1 N–H and O–H groups in total. The lowest BCUT2D eigenvalue weighted by Gasteiger charge is -2.32. The first-order valence-electron chi connectivity index (χ1n) is 3.53. The van der Waals surface area contributed by atoms with Gasteiger partial charge in [0.25, 0.3) is 0 Å². The van der Waals surface area contributed by atoms with Gasteiger partial charge in [-0.15, -0.1) is 0 Å². The summed E-state index contributed by atoms with van der Waals surface area (Å²) in [5.41, 5.74) is -1.15. The van der Waals surface area contributed by atoms with Gasteiger partial charge >= 0.3 is 5.97 Å². The molecule has 0 saturated carbocycles. The molecule has 0 aromatic heterocycles. The van der Waals surface area contributed by atoms with Crippen LogP contribution in [0, 0.1) is 0 Å². The number of hydrogen-bond donors (Lipinski definition) is 1. The molecule has 11 heavy (non-hydrogen) atoms. The third kappa shape index (κ3) is 1.70. The summed E-state index contributed by atoms with van der Waals surface area (Å²) < 4.78 is 10.3. The van der Waals surface area contributed by atoms with E-state index in [9.17, 15) is 4.79 Å². The highest BCUT2D eigenvalue weighted by molar-refractivity contribution is 5.77. The van der Waals surface area contributed by atoms with Gasteiger partial charge < -0.3 is 14.6 Å². The lowest BCUT2D eigenvalue weighted by Crippen LogP contribution is -2.49. The van der Waals surface area contributed by atoms with Crippen LogP contribution in [-0.4, -0.2) is 36.0 Å². The molecule has 0 radical (unpaired) electrons. The molecular weight excluding hydrogens is 148 g/mol. The van der Waals surface area contributed by atoms with Crippen LogP contribution in [0.4, 0.5) is 0 Å². The van der Waals surface area contributed by atoms with Crippen molar-refractivity contribution in [1.82, 2.24) is 0 Å². The second-order valence-corrected chi connectivity index (χ2v) is 2.97. The Hall–Kier alpha value is -0.610. The van der Waals surface area contributed by atoms with Crippen LogP contribution in [0.2, 0.25) is 0 Å². The van der Waals surface area contributed by atoms with Crippen LogP contribution in [0.15, 0.2) is 0 Å². The Morgan fingerprint density at radius 2 is 2.36 bits per heavy atom. The van der Waals surface area contributed by atoms with E-state index in [2.05, 4.69) is 0 Å². The monoisotopic (exact) mass is 160 g/mol. The summed E-state index contributed by atoms with van der Waals surface area (Å²) in [6.07, 6.45) is 0.00225. The molecule has 1 heterocycles. The molecule has 4 nitrogen and oxygen atoms in total. The van der Waals surface area contributed by atoms with Crippen LogP contribution >= 0.6 is 0 Å². The Bertz CT molecular complexity index is 158. The number of hydrogen-bond acceptors (Lipinski definition) is 3. The first-order valence-corrected chi connectivity index (χ1v) is 3.53. The average molecular weight is 160 g/mol. The van der Waals surface area contributed by atoms with E-state index < -0.39 is 11.6 Å². The minimum atomic E-state index is -1.15. The van der Waals surface area contributed by atoms with Crippen molar-refractivity contribution in [2.24, 2.45) is 0 Å². The molecule has 0 bridgehead atoms. The van der Waals surface area contributed by atoms with Crippen molar-refractivity contribution in [1.29, 1.82) is 0 Å². The van der Waals surface area contributed by atoms with Gasteiger partial charge in [-0.3, -0.25) is 0 Å². The summed E-state index contributed by atoms with van der Waals surface area (Å²) in [7, 11) is 0. The fourth-order valence-electron chi connectivity index (χ4n) is 0.816. The number of carboxylic acid groups (broad SMARTS) is 1. The molecule has 0 unspecified atom stereocenters. The van der Waals surface area contributed by atoms with Gasteiger partial charge in [0, 0.05) is 0 Å². The van der Waals surface area contributed by atoms with E-state index in [1.54, 1.807) is 0 Å². The van der Waals surface area contributed by atoms with E-state index in [4.69, 9.17) is 14.6 Å². The molecule has 64 valence electrons. The maximum atomic E-state index is 10.6. The topological polar surface area (TPSA) is 55.8 Å². The van der Waals surface area contributed by atoms with Gasteiger partial charge in [0.15, 0.2) is 5.60 Å². The summed E-state index contributed by atoms with van der Waals surface area (Å²) >= 11 is 0. The van der Waals surface area contributed by atoms with Crippen molar-refractivity contribution in [3.63, 3.8) is 0 Å². The third-order valence-corrected chi connectivity index (χ3v) is 1.73. The van der Waals surface area contributed by atoms with E-state index in [1.807, 2.05) is 6.92 Å². The SMILES string of the molecule is C[C@H]1CO[C@@](C)(C(=O)O)CO1. The van der Waals surface area contributed by atoms with Crippen LogP contribution in [0.3, 0.4) is 0 Å². The molecule has 0 spiro atoms. The number of carbonyl (C=O) groups is 1. The molecule has 0 aromatic carbocycles. The maximum Gasteiger partial charge on any atom is 0.338 e. The van der Waals surface area contributed by atoms with Crippen molar-refractivity contribution in [2.75, 3.05) is 13.2 Å². The highest BCUT2D eigenvalue weighted by atomic mass is 16.6. The highest BCUT2D eigenvalue weighted by Gasteiger charge is 2.38. The predicted molar refractivity (Wildman–Crippen MR) is 37.4 cm³/mol. The van der Waals surface area contributed by atoms with Crippen LogP contribution in [0.5, 0.6) is 0 Å². The maximum absolute atomic E-state index is 10.6. The van der Waals surface area contributed by atoms with Gasteiger partial charge in [-0.2, -0.15) is 0 Å². The Labute approximate surface area is 65.1 Å². The largest absolute Gasteiger partial charge is 0.479 e. The summed E-state index contributed by atoms with van der Waals surface area (Å²) in [6.45, 7) is 3.84. The standard InChI is InChI=1S/C7H12O4/c1-5-3-11-7(2,4-10-5)6(8)9/h5H,3-4H2,1-2H3,(H,8,9)/t5-,7+/m0/s1. The molecule has 0 aliphatic carbocycles. The quantitative estimate of drug-likeness (QED) is 0.598. The fourth-order valence-corrected chi connectivity index (χ4v) is 0.816. The Morgan fingerprint density at radius 3 is 2.73 bits per heavy atom. The lowest BCUT2D eigenvalue weighted by molar-refractivity contribution is -0.202. The molecule has 1 aliphatic heterocycles. The molecule has 0 aromatic rings. The van der Waals surface area contributed by atoms with Crippen molar-refractivity contribution in [2.45, 2.75) is 25.6 Å². The molecule has 2 atom stereocenters. The van der Waals surface area contributed by atoms with E-state index in [1.165, 1.54) is 6.92 Å². The van der Waals surface area contributed by atoms with Crippen LogP contribution in [0.25, 0.3) is 0 Å². The van der Waals surface area contributed by atoms with Gasteiger partial charge in [-0.25, -0.2) is 4.79 Å². The van der Waals surface area contributed by atoms with Gasteiger partial charge in [-0.05, 0) is 13.8 Å². The van der Waals surface area contributed by atoms with E-state index >= 15 is 0 Å². The van der Waals surface area contributed by atoms with Crippen molar-refractivity contribution < 1.29 is 19.4 Å². The summed E-state index contributed by atoms with van der Waals surface area (Å²) in [5, 5.41) is 8.68.